The molecule has 0 saturated carbocycles. The van der Waals surface area contributed by atoms with Gasteiger partial charge in [-0.15, -0.1) is 0 Å². The Morgan fingerprint density at radius 1 is 0.923 bits per heavy atom. The van der Waals surface area contributed by atoms with Crippen LogP contribution in [0.3, 0.4) is 0 Å². The van der Waals surface area contributed by atoms with Gasteiger partial charge in [-0.05, 0) is 12.1 Å². The van der Waals surface area contributed by atoms with E-state index in [2.05, 4.69) is 0 Å². The van der Waals surface area contributed by atoms with Crippen LogP contribution in [0.1, 0.15) is 13.8 Å². The molecule has 0 atom stereocenters. The van der Waals surface area contributed by atoms with Gasteiger partial charge in [0, 0.05) is 24.6 Å². The average molecular weight is 407 g/mol. The maximum absolute atomic E-state index is 11.2. The summed E-state index contributed by atoms with van der Waals surface area (Å²) >= 11 is 0. The highest BCUT2D eigenvalue weighted by molar-refractivity contribution is 7.86. The van der Waals surface area contributed by atoms with Gasteiger partial charge in [0.1, 0.15) is 9.79 Å². The molecule has 0 aliphatic rings. The van der Waals surface area contributed by atoms with Crippen LogP contribution in [0.4, 0.5) is 0 Å². The third kappa shape index (κ3) is 8.01. The molecule has 2 rings (SSSR count). The van der Waals surface area contributed by atoms with E-state index in [0.29, 0.717) is 0 Å². The Balaban J connectivity index is 0. The Kier molecular flexibility index (Phi) is 10.3. The second-order valence-electron chi connectivity index (χ2n) is 4.30. The second-order valence-corrected chi connectivity index (χ2v) is 7.08. The predicted molar refractivity (Wildman–Crippen MR) is 91.8 cm³/mol. The van der Waals surface area contributed by atoms with Crippen molar-refractivity contribution in [1.29, 1.82) is 5.26 Å². The van der Waals surface area contributed by atoms with Crippen LogP contribution in [0.25, 0.3) is 10.8 Å². The van der Waals surface area contributed by atoms with E-state index >= 15 is 0 Å². The number of nitriles is 1. The highest BCUT2D eigenvalue weighted by Gasteiger charge is 2.18. The SMILES string of the molecule is CC#N.CC(=O)O.O.O=S(=O)(O)c1cccc2c(S(=O)(=O)O)cccc12. The van der Waals surface area contributed by atoms with Gasteiger partial charge in [0.25, 0.3) is 26.2 Å². The molecular weight excluding hydrogens is 390 g/mol. The molecule has 5 N–H and O–H groups in total. The Morgan fingerprint density at radius 2 is 1.15 bits per heavy atom. The zero-order valence-electron chi connectivity index (χ0n) is 13.6. The van der Waals surface area contributed by atoms with E-state index in [9.17, 15) is 16.8 Å². The molecule has 0 fully saturated rings. The van der Waals surface area contributed by atoms with Gasteiger partial charge in [0.2, 0.25) is 0 Å². The third-order valence-electron chi connectivity index (χ3n) is 2.40. The Morgan fingerprint density at radius 3 is 1.35 bits per heavy atom. The lowest BCUT2D eigenvalue weighted by Gasteiger charge is -2.06. The number of carboxylic acid groups (broad SMARTS) is 1. The lowest BCUT2D eigenvalue weighted by Crippen LogP contribution is -2.02. The monoisotopic (exact) mass is 407 g/mol. The first-order valence-corrected chi connectivity index (χ1v) is 9.21. The van der Waals surface area contributed by atoms with Gasteiger partial charge >= 0.3 is 0 Å². The van der Waals surface area contributed by atoms with Gasteiger partial charge in [0.05, 0.1) is 6.07 Å². The molecule has 0 aliphatic heterocycles. The van der Waals surface area contributed by atoms with E-state index in [1.54, 1.807) is 6.07 Å². The Bertz CT molecular complexity index is 931. The van der Waals surface area contributed by atoms with E-state index in [1.165, 1.54) is 31.2 Å². The molecule has 0 heterocycles. The molecule has 0 amide bonds. The number of rotatable bonds is 2. The molecule has 10 nitrogen and oxygen atoms in total. The molecule has 0 radical (unpaired) electrons. The molecular formula is C14H17NO9S2. The minimum absolute atomic E-state index is 0. The molecule has 0 aromatic heterocycles. The number of fused-ring (bicyclic) bond motifs is 1. The quantitative estimate of drug-likeness (QED) is 0.610. The average Bonchev–Trinajstić information content (AvgIpc) is 2.44. The van der Waals surface area contributed by atoms with Gasteiger partial charge in [0.15, 0.2) is 0 Å². The number of hydrogen-bond acceptors (Lipinski definition) is 6. The molecule has 0 unspecified atom stereocenters. The van der Waals surface area contributed by atoms with E-state index < -0.39 is 36.0 Å². The van der Waals surface area contributed by atoms with Crippen molar-refractivity contribution in [2.24, 2.45) is 0 Å². The molecule has 0 spiro atoms. The molecule has 2 aromatic rings. The topological polar surface area (TPSA) is 201 Å². The van der Waals surface area contributed by atoms with Crippen LogP contribution in [-0.2, 0) is 25.0 Å². The second kappa shape index (κ2) is 10.4. The van der Waals surface area contributed by atoms with E-state index in [0.717, 1.165) is 19.1 Å². The van der Waals surface area contributed by atoms with Gasteiger partial charge in [-0.2, -0.15) is 22.1 Å². The van der Waals surface area contributed by atoms with E-state index in [4.69, 9.17) is 24.3 Å². The summed E-state index contributed by atoms with van der Waals surface area (Å²) in [6.45, 7) is 2.51. The van der Waals surface area contributed by atoms with Crippen molar-refractivity contribution in [2.45, 2.75) is 23.6 Å². The zero-order valence-corrected chi connectivity index (χ0v) is 15.2. The van der Waals surface area contributed by atoms with Crippen LogP contribution in [0.2, 0.25) is 0 Å². The van der Waals surface area contributed by atoms with E-state index in [-0.39, 0.29) is 16.2 Å². The summed E-state index contributed by atoms with van der Waals surface area (Å²) < 4.78 is 62.7. The maximum atomic E-state index is 11.2. The first-order chi connectivity index (χ1) is 11.4. The summed E-state index contributed by atoms with van der Waals surface area (Å²) in [5.41, 5.74) is 0. The molecule has 0 aliphatic carbocycles. The summed E-state index contributed by atoms with van der Waals surface area (Å²) in [4.78, 5) is 8.18. The number of hydrogen-bond donors (Lipinski definition) is 3. The molecule has 2 aromatic carbocycles. The Labute approximate surface area is 150 Å². The number of benzene rings is 2. The molecule has 0 saturated heterocycles. The number of carboxylic acids is 1. The van der Waals surface area contributed by atoms with Crippen molar-refractivity contribution in [1.82, 2.24) is 0 Å². The highest BCUT2D eigenvalue weighted by atomic mass is 32.2. The number of nitrogens with zero attached hydrogens (tertiary/aromatic N) is 1. The van der Waals surface area contributed by atoms with Gasteiger partial charge < -0.3 is 10.6 Å². The fourth-order valence-electron chi connectivity index (χ4n) is 1.70. The standard InChI is InChI=1S/C10H8O6S2.C2H3N.C2H4O2.H2O/c11-17(12,13)9-5-1-3-7-8(9)4-2-6-10(7)18(14,15)16;1-2-3;1-2(3)4;/h1-6H,(H,11,12,13)(H,14,15,16);1H3;1H3,(H,3,4);1H2. The van der Waals surface area contributed by atoms with Crippen molar-refractivity contribution in [3.05, 3.63) is 36.4 Å². The van der Waals surface area contributed by atoms with Gasteiger partial charge in [-0.1, -0.05) is 24.3 Å². The summed E-state index contributed by atoms with van der Waals surface area (Å²) in [7, 11) is -8.94. The van der Waals surface area contributed by atoms with Crippen molar-refractivity contribution in [3.8, 4) is 6.07 Å². The molecule has 12 heteroatoms. The van der Waals surface area contributed by atoms with Crippen LogP contribution in [-0.4, -0.2) is 42.5 Å². The van der Waals surface area contributed by atoms with Crippen molar-refractivity contribution in [2.75, 3.05) is 0 Å². The molecule has 0 bridgehead atoms. The zero-order chi connectivity index (χ0) is 19.8. The third-order valence-corrected chi connectivity index (χ3v) is 4.22. The van der Waals surface area contributed by atoms with Crippen LogP contribution in [0.5, 0.6) is 0 Å². The van der Waals surface area contributed by atoms with Gasteiger partial charge in [-0.25, -0.2) is 0 Å². The molecule has 26 heavy (non-hydrogen) atoms. The van der Waals surface area contributed by atoms with Crippen LogP contribution in [0.15, 0.2) is 46.2 Å². The van der Waals surface area contributed by atoms with Crippen LogP contribution in [0, 0.1) is 11.3 Å². The van der Waals surface area contributed by atoms with Crippen LogP contribution >= 0.6 is 0 Å². The fourth-order valence-corrected chi connectivity index (χ4v) is 3.12. The highest BCUT2D eigenvalue weighted by Crippen LogP contribution is 2.27. The summed E-state index contributed by atoms with van der Waals surface area (Å²) in [6.07, 6.45) is 0. The van der Waals surface area contributed by atoms with Crippen molar-refractivity contribution < 1.29 is 41.3 Å². The first kappa shape index (κ1) is 25.7. The predicted octanol–water partition coefficient (Wildman–Crippen LogP) is 1.13. The van der Waals surface area contributed by atoms with Crippen LogP contribution < -0.4 is 0 Å². The normalized spacial score (nSPS) is 10.1. The largest absolute Gasteiger partial charge is 0.481 e. The number of carbonyl (C=O) groups is 1. The fraction of sp³-hybridized carbons (Fsp3) is 0.143. The smallest absolute Gasteiger partial charge is 0.300 e. The van der Waals surface area contributed by atoms with E-state index in [1.807, 2.05) is 0 Å². The van der Waals surface area contributed by atoms with Crippen molar-refractivity contribution in [3.63, 3.8) is 0 Å². The summed E-state index contributed by atoms with van der Waals surface area (Å²) in [5.74, 6) is -0.833. The number of aliphatic carboxylic acids is 1. The lowest BCUT2D eigenvalue weighted by molar-refractivity contribution is -0.134. The summed E-state index contributed by atoms with van der Waals surface area (Å²) in [6, 6.07) is 9.28. The van der Waals surface area contributed by atoms with Gasteiger partial charge in [-0.3, -0.25) is 13.9 Å². The summed E-state index contributed by atoms with van der Waals surface area (Å²) in [5, 5.41) is 14.8. The molecule has 144 valence electrons. The Hall–Kier alpha value is -2.56. The minimum Gasteiger partial charge on any atom is -0.481 e. The van der Waals surface area contributed by atoms with Crippen molar-refractivity contribution >= 4 is 37.0 Å². The first-order valence-electron chi connectivity index (χ1n) is 6.33. The lowest BCUT2D eigenvalue weighted by atomic mass is 10.1. The minimum atomic E-state index is -4.47. The maximum Gasteiger partial charge on any atom is 0.300 e.